The van der Waals surface area contributed by atoms with Crippen LogP contribution in [-0.2, 0) is 0 Å². The number of halogens is 6. The minimum Gasteiger partial charge on any atom is -0.348 e. The summed E-state index contributed by atoms with van der Waals surface area (Å²) in [5.41, 5.74) is -4.51. The lowest BCUT2D eigenvalue weighted by Crippen LogP contribution is -2.24. The van der Waals surface area contributed by atoms with Crippen molar-refractivity contribution < 1.29 is 35.9 Å². The summed E-state index contributed by atoms with van der Waals surface area (Å²) in [5.74, 6) is -12.1. The number of hydrogen-bond donors (Lipinski definition) is 1. The number of nitrogens with one attached hydrogen (secondary N) is 1. The fraction of sp³-hybridized carbons (Fsp3) is 0. The molecule has 3 aromatic rings. The third-order valence-corrected chi connectivity index (χ3v) is 4.46. The predicted molar refractivity (Wildman–Crippen MR) is 89.2 cm³/mol. The number of rotatable bonds is 2. The molecule has 29 heavy (non-hydrogen) atoms. The lowest BCUT2D eigenvalue weighted by molar-refractivity contribution is 0.0972. The summed E-state index contributed by atoms with van der Waals surface area (Å²) in [6, 6.07) is 5.65. The van der Waals surface area contributed by atoms with E-state index in [2.05, 4.69) is 0 Å². The molecule has 0 unspecified atom stereocenters. The molecule has 0 bridgehead atoms. The van der Waals surface area contributed by atoms with E-state index in [0.29, 0.717) is 6.07 Å². The Balaban J connectivity index is 1.92. The van der Waals surface area contributed by atoms with Gasteiger partial charge in [0.2, 0.25) is 0 Å². The molecule has 1 N–H and O–H groups in total. The molecule has 146 valence electrons. The second-order valence-corrected chi connectivity index (χ2v) is 6.14. The average molecular weight is 407 g/mol. The molecule has 1 aliphatic carbocycles. The average Bonchev–Trinajstić information content (AvgIpc) is 2.70. The van der Waals surface area contributed by atoms with Gasteiger partial charge >= 0.3 is 0 Å². The van der Waals surface area contributed by atoms with Gasteiger partial charge < -0.3 is 5.32 Å². The lowest BCUT2D eigenvalue weighted by Gasteiger charge is -2.20. The van der Waals surface area contributed by atoms with Gasteiger partial charge in [-0.3, -0.25) is 9.59 Å². The summed E-state index contributed by atoms with van der Waals surface area (Å²) in [6.45, 7) is 0. The Hall–Kier alpha value is -3.62. The Kier molecular flexibility index (Phi) is 4.18. The van der Waals surface area contributed by atoms with Gasteiger partial charge in [0.1, 0.15) is 11.5 Å². The van der Waals surface area contributed by atoms with Crippen LogP contribution >= 0.6 is 0 Å². The SMILES string of the molecule is O=C1c2ccccc2C(=O)c2c(F)c(Nc3c(F)c(F)cc(F)c3F)cc(F)c21. The smallest absolute Gasteiger partial charge is 0.197 e. The van der Waals surface area contributed by atoms with Crippen LogP contribution in [0.3, 0.4) is 0 Å². The van der Waals surface area contributed by atoms with E-state index in [-0.39, 0.29) is 17.2 Å². The summed E-state index contributed by atoms with van der Waals surface area (Å²) in [7, 11) is 0. The maximum Gasteiger partial charge on any atom is 0.197 e. The van der Waals surface area contributed by atoms with Crippen molar-refractivity contribution >= 4 is 22.9 Å². The Morgan fingerprint density at radius 1 is 0.621 bits per heavy atom. The van der Waals surface area contributed by atoms with E-state index in [1.807, 2.05) is 0 Å². The van der Waals surface area contributed by atoms with Crippen LogP contribution in [0.15, 0.2) is 36.4 Å². The first-order valence-electron chi connectivity index (χ1n) is 8.02. The van der Waals surface area contributed by atoms with E-state index in [9.17, 15) is 35.9 Å². The van der Waals surface area contributed by atoms with Crippen LogP contribution in [0.1, 0.15) is 31.8 Å². The van der Waals surface area contributed by atoms with Gasteiger partial charge in [-0.1, -0.05) is 24.3 Å². The highest BCUT2D eigenvalue weighted by atomic mass is 19.2. The number of ketones is 2. The fourth-order valence-electron chi connectivity index (χ4n) is 3.12. The Bertz CT molecular complexity index is 1210. The van der Waals surface area contributed by atoms with E-state index in [0.717, 1.165) is 0 Å². The van der Waals surface area contributed by atoms with Gasteiger partial charge in [0.05, 0.1) is 16.8 Å². The van der Waals surface area contributed by atoms with Gasteiger partial charge in [-0.2, -0.15) is 0 Å². The first-order valence-corrected chi connectivity index (χ1v) is 8.02. The van der Waals surface area contributed by atoms with Gasteiger partial charge in [0.15, 0.2) is 40.7 Å². The van der Waals surface area contributed by atoms with Crippen LogP contribution in [0.5, 0.6) is 0 Å². The summed E-state index contributed by atoms with van der Waals surface area (Å²) in [4.78, 5) is 25.1. The van der Waals surface area contributed by atoms with Crippen molar-refractivity contribution in [2.75, 3.05) is 5.32 Å². The van der Waals surface area contributed by atoms with Gasteiger partial charge in [0.25, 0.3) is 0 Å². The summed E-state index contributed by atoms with van der Waals surface area (Å²) in [5, 5.41) is 1.73. The Morgan fingerprint density at radius 2 is 1.14 bits per heavy atom. The summed E-state index contributed by atoms with van der Waals surface area (Å²) in [6.07, 6.45) is 0. The van der Waals surface area contributed by atoms with E-state index in [1.54, 1.807) is 5.32 Å². The Labute approximate surface area is 158 Å². The fourth-order valence-corrected chi connectivity index (χ4v) is 3.12. The molecule has 3 aromatic carbocycles. The zero-order valence-corrected chi connectivity index (χ0v) is 14.0. The van der Waals surface area contributed by atoms with E-state index >= 15 is 0 Å². The number of benzene rings is 3. The predicted octanol–water partition coefficient (Wildman–Crippen LogP) is 5.04. The van der Waals surface area contributed by atoms with Crippen LogP contribution in [0.25, 0.3) is 0 Å². The van der Waals surface area contributed by atoms with Crippen LogP contribution in [0, 0.1) is 34.9 Å². The van der Waals surface area contributed by atoms with Crippen LogP contribution < -0.4 is 5.32 Å². The van der Waals surface area contributed by atoms with E-state index in [1.165, 1.54) is 24.3 Å². The molecule has 0 saturated heterocycles. The van der Waals surface area contributed by atoms with Gasteiger partial charge in [-0.15, -0.1) is 0 Å². The normalized spacial score (nSPS) is 12.6. The number of carbonyl (C=O) groups excluding carboxylic acids is 2. The minimum absolute atomic E-state index is 0.0568. The third kappa shape index (κ3) is 2.69. The van der Waals surface area contributed by atoms with Crippen molar-refractivity contribution in [1.29, 1.82) is 0 Å². The number of carbonyl (C=O) groups is 2. The topological polar surface area (TPSA) is 46.2 Å². The molecule has 0 radical (unpaired) electrons. The highest BCUT2D eigenvalue weighted by molar-refractivity contribution is 6.28. The van der Waals surface area contributed by atoms with Crippen molar-refractivity contribution in [1.82, 2.24) is 0 Å². The lowest BCUT2D eigenvalue weighted by atomic mass is 9.83. The molecule has 3 nitrogen and oxygen atoms in total. The second-order valence-electron chi connectivity index (χ2n) is 6.14. The maximum atomic E-state index is 15.0. The first kappa shape index (κ1) is 18.7. The summed E-state index contributed by atoms with van der Waals surface area (Å²) < 4.78 is 84.0. The molecule has 9 heteroatoms. The minimum atomic E-state index is -1.88. The number of hydrogen-bond acceptors (Lipinski definition) is 3. The maximum absolute atomic E-state index is 15.0. The molecule has 1 aliphatic rings. The zero-order valence-electron chi connectivity index (χ0n) is 14.0. The number of fused-ring (bicyclic) bond motifs is 2. The summed E-state index contributed by atoms with van der Waals surface area (Å²) >= 11 is 0. The highest BCUT2D eigenvalue weighted by Gasteiger charge is 2.36. The Morgan fingerprint density at radius 3 is 1.69 bits per heavy atom. The van der Waals surface area contributed by atoms with Crippen LogP contribution in [-0.4, -0.2) is 11.6 Å². The van der Waals surface area contributed by atoms with E-state index in [4.69, 9.17) is 0 Å². The monoisotopic (exact) mass is 407 g/mol. The first-order chi connectivity index (χ1) is 13.7. The largest absolute Gasteiger partial charge is 0.348 e. The molecule has 0 fully saturated rings. The standard InChI is InChI=1S/C20H7F6NO2/c21-9-6-12(27-18-15(24)10(22)5-11(23)16(18)25)17(26)14-13(9)19(28)7-3-1-2-4-8(7)20(14)29/h1-6,27H. The molecule has 0 amide bonds. The van der Waals surface area contributed by atoms with Gasteiger partial charge in [0, 0.05) is 23.3 Å². The molecular formula is C20H7F6NO2. The zero-order chi connectivity index (χ0) is 21.0. The van der Waals surface area contributed by atoms with Crippen LogP contribution in [0.4, 0.5) is 37.7 Å². The van der Waals surface area contributed by atoms with Crippen molar-refractivity contribution in [3.8, 4) is 0 Å². The molecule has 0 aliphatic heterocycles. The van der Waals surface area contributed by atoms with Crippen molar-refractivity contribution in [3.05, 3.63) is 93.6 Å². The molecule has 4 rings (SSSR count). The molecule has 0 heterocycles. The highest BCUT2D eigenvalue weighted by Crippen LogP contribution is 2.36. The quantitative estimate of drug-likeness (QED) is 0.374. The molecule has 0 atom stereocenters. The van der Waals surface area contributed by atoms with Gasteiger partial charge in [-0.25, -0.2) is 26.3 Å². The second kappa shape index (κ2) is 6.47. The molecule has 0 saturated carbocycles. The molecular weight excluding hydrogens is 400 g/mol. The molecule has 0 spiro atoms. The van der Waals surface area contributed by atoms with Gasteiger partial charge in [-0.05, 0) is 0 Å². The van der Waals surface area contributed by atoms with E-state index < -0.39 is 69.0 Å². The number of anilines is 2. The van der Waals surface area contributed by atoms with Crippen LogP contribution in [0.2, 0.25) is 0 Å². The van der Waals surface area contributed by atoms with Crippen molar-refractivity contribution in [3.63, 3.8) is 0 Å². The third-order valence-electron chi connectivity index (χ3n) is 4.46. The van der Waals surface area contributed by atoms with Crippen molar-refractivity contribution in [2.45, 2.75) is 0 Å². The van der Waals surface area contributed by atoms with Crippen molar-refractivity contribution in [2.24, 2.45) is 0 Å². The molecule has 0 aromatic heterocycles.